The maximum Gasteiger partial charge on any atom is 0.0645 e. The summed E-state index contributed by atoms with van der Waals surface area (Å²) >= 11 is 0. The van der Waals surface area contributed by atoms with Gasteiger partial charge < -0.3 is 14.4 Å². The van der Waals surface area contributed by atoms with Crippen molar-refractivity contribution >= 4 is 0 Å². The molecule has 4 nitrogen and oxygen atoms in total. The molecule has 0 aromatic heterocycles. The zero-order valence-corrected chi connectivity index (χ0v) is 18.2. The lowest BCUT2D eigenvalue weighted by Gasteiger charge is -2.42. The number of hydrogen-bond acceptors (Lipinski definition) is 4. The van der Waals surface area contributed by atoms with Gasteiger partial charge in [0.05, 0.1) is 24.9 Å². The number of likely N-dealkylation sites (N-methyl/N-ethyl adjacent to an activating group) is 1. The minimum Gasteiger partial charge on any atom is -0.379 e. The highest BCUT2D eigenvalue weighted by Gasteiger charge is 2.30. The first kappa shape index (κ1) is 25.1. The van der Waals surface area contributed by atoms with Crippen LogP contribution in [0.15, 0.2) is 0 Å². The molecule has 1 rings (SSSR count). The highest BCUT2D eigenvalue weighted by Crippen LogP contribution is 2.18. The third-order valence-electron chi connectivity index (χ3n) is 4.18. The van der Waals surface area contributed by atoms with Gasteiger partial charge >= 0.3 is 0 Å². The smallest absolute Gasteiger partial charge is 0.0645 e. The Morgan fingerprint density at radius 2 is 1.09 bits per heavy atom. The van der Waals surface area contributed by atoms with Gasteiger partial charge in [-0.05, 0) is 83.5 Å². The molecule has 1 heterocycles. The molecule has 4 heteroatoms. The molecule has 0 saturated carbocycles. The fourth-order valence-corrected chi connectivity index (χ4v) is 0.995. The zero-order chi connectivity index (χ0) is 19.1. The van der Waals surface area contributed by atoms with Gasteiger partial charge in [-0.2, -0.15) is 0 Å². The zero-order valence-electron chi connectivity index (χ0n) is 18.2. The van der Waals surface area contributed by atoms with Crippen LogP contribution in [0.2, 0.25) is 0 Å². The van der Waals surface area contributed by atoms with E-state index in [0.717, 1.165) is 13.2 Å². The van der Waals surface area contributed by atoms with E-state index in [4.69, 9.17) is 9.47 Å². The van der Waals surface area contributed by atoms with Crippen LogP contribution < -0.4 is 0 Å². The van der Waals surface area contributed by atoms with Crippen LogP contribution in [0.25, 0.3) is 0 Å². The number of methoxy groups -OCH3 is 1. The maximum absolute atomic E-state index is 5.11. The van der Waals surface area contributed by atoms with Crippen LogP contribution >= 0.6 is 0 Å². The molecule has 142 valence electrons. The van der Waals surface area contributed by atoms with Crippen molar-refractivity contribution in [1.29, 1.82) is 0 Å². The van der Waals surface area contributed by atoms with Gasteiger partial charge in [0.15, 0.2) is 0 Å². The number of ether oxygens (including phenoxy) is 2. The Balaban J connectivity index is 0. The largest absolute Gasteiger partial charge is 0.379 e. The first-order valence-corrected chi connectivity index (χ1v) is 8.55. The second kappa shape index (κ2) is 9.97. The topological polar surface area (TPSA) is 24.9 Å². The third kappa shape index (κ3) is 13.9. The summed E-state index contributed by atoms with van der Waals surface area (Å²) in [4.78, 5) is 4.56. The highest BCUT2D eigenvalue weighted by molar-refractivity contribution is 4.83. The van der Waals surface area contributed by atoms with Crippen molar-refractivity contribution in [2.24, 2.45) is 0 Å². The molecule has 0 atom stereocenters. The van der Waals surface area contributed by atoms with Gasteiger partial charge in [0.1, 0.15) is 0 Å². The van der Waals surface area contributed by atoms with Gasteiger partial charge in [-0.25, -0.2) is 0 Å². The molecule has 0 N–H and O–H groups in total. The van der Waals surface area contributed by atoms with Gasteiger partial charge in [-0.15, -0.1) is 0 Å². The average Bonchev–Trinajstić information content (AvgIpc) is 2.24. The van der Waals surface area contributed by atoms with Gasteiger partial charge in [0.25, 0.3) is 0 Å². The summed E-state index contributed by atoms with van der Waals surface area (Å²) in [6, 6.07) is 0.653. The molecular weight excluding hydrogens is 288 g/mol. The molecule has 0 aliphatic carbocycles. The van der Waals surface area contributed by atoms with E-state index in [1.807, 2.05) is 20.8 Å². The van der Waals surface area contributed by atoms with Crippen LogP contribution in [-0.4, -0.2) is 74.0 Å². The van der Waals surface area contributed by atoms with Crippen LogP contribution in [0.4, 0.5) is 0 Å². The molecule has 1 aliphatic rings. The van der Waals surface area contributed by atoms with E-state index in [1.54, 1.807) is 7.11 Å². The predicted molar refractivity (Wildman–Crippen MR) is 102 cm³/mol. The van der Waals surface area contributed by atoms with Crippen molar-refractivity contribution in [1.82, 2.24) is 9.80 Å². The van der Waals surface area contributed by atoms with Crippen LogP contribution in [0, 0.1) is 0 Å². The fourth-order valence-electron chi connectivity index (χ4n) is 0.995. The van der Waals surface area contributed by atoms with Crippen LogP contribution in [0.1, 0.15) is 62.3 Å². The van der Waals surface area contributed by atoms with Crippen molar-refractivity contribution in [3.8, 4) is 0 Å². The number of hydrogen-bond donors (Lipinski definition) is 0. The van der Waals surface area contributed by atoms with Crippen molar-refractivity contribution in [2.45, 2.75) is 85.0 Å². The van der Waals surface area contributed by atoms with Crippen molar-refractivity contribution < 1.29 is 9.47 Å². The second-order valence-electron chi connectivity index (χ2n) is 9.35. The van der Waals surface area contributed by atoms with Gasteiger partial charge in [-0.1, -0.05) is 0 Å². The monoisotopic (exact) mass is 332 g/mol. The first-order chi connectivity index (χ1) is 10.0. The molecular formula is C19H44N2O2. The Morgan fingerprint density at radius 3 is 1.13 bits per heavy atom. The van der Waals surface area contributed by atoms with Crippen LogP contribution in [-0.2, 0) is 9.47 Å². The lowest BCUT2D eigenvalue weighted by Crippen LogP contribution is -2.54. The maximum atomic E-state index is 5.11. The summed E-state index contributed by atoms with van der Waals surface area (Å²) in [6.45, 7) is 21.1. The minimum atomic E-state index is 0.0417. The Kier molecular flexibility index (Phi) is 10.9. The summed E-state index contributed by atoms with van der Waals surface area (Å²) in [7, 11) is 8.03. The third-order valence-corrected chi connectivity index (χ3v) is 4.18. The first-order valence-electron chi connectivity index (χ1n) is 8.55. The van der Waals surface area contributed by atoms with Crippen LogP contribution in [0.3, 0.4) is 0 Å². The molecule has 0 aromatic carbocycles. The van der Waals surface area contributed by atoms with E-state index in [1.165, 1.54) is 0 Å². The molecule has 23 heavy (non-hydrogen) atoms. The molecule has 0 bridgehead atoms. The second-order valence-corrected chi connectivity index (χ2v) is 9.35. The molecule has 0 spiro atoms. The van der Waals surface area contributed by atoms with E-state index in [-0.39, 0.29) is 11.1 Å². The quantitative estimate of drug-likeness (QED) is 0.727. The molecule has 0 radical (unpaired) electrons. The van der Waals surface area contributed by atoms with Crippen molar-refractivity contribution in [3.63, 3.8) is 0 Å². The Hall–Kier alpha value is -0.160. The van der Waals surface area contributed by atoms with Gasteiger partial charge in [-0.3, -0.25) is 4.90 Å². The highest BCUT2D eigenvalue weighted by atomic mass is 16.5. The number of nitrogens with zero attached hydrogens (tertiary/aromatic N) is 2. The molecule has 0 amide bonds. The predicted octanol–water partition coefficient (Wildman–Crippen LogP) is 3.89. The van der Waals surface area contributed by atoms with Crippen molar-refractivity contribution in [2.75, 3.05) is 41.5 Å². The Morgan fingerprint density at radius 1 is 0.783 bits per heavy atom. The van der Waals surface area contributed by atoms with Crippen molar-refractivity contribution in [3.05, 3.63) is 0 Å². The minimum absolute atomic E-state index is 0.0417. The van der Waals surface area contributed by atoms with E-state index in [2.05, 4.69) is 72.5 Å². The van der Waals surface area contributed by atoms with Gasteiger partial charge in [0, 0.05) is 18.2 Å². The average molecular weight is 333 g/mol. The SMILES string of the molecule is CN(C)C(C)(C)C.CN(C1COC1)C(C)(C)C.COC(C)(C)C. The van der Waals surface area contributed by atoms with E-state index < -0.39 is 0 Å². The Bertz CT molecular complexity index is 292. The number of rotatable bonds is 1. The molecule has 1 aliphatic heterocycles. The van der Waals surface area contributed by atoms with E-state index in [9.17, 15) is 0 Å². The summed E-state index contributed by atoms with van der Waals surface area (Å²) in [5.74, 6) is 0. The molecule has 0 aromatic rings. The summed E-state index contributed by atoms with van der Waals surface area (Å²) in [6.07, 6.45) is 0. The normalized spacial score (nSPS) is 16.3. The van der Waals surface area contributed by atoms with Gasteiger partial charge in [0.2, 0.25) is 0 Å². The summed E-state index contributed by atoms with van der Waals surface area (Å²) in [5, 5.41) is 0. The Labute approximate surface area is 146 Å². The summed E-state index contributed by atoms with van der Waals surface area (Å²) < 4.78 is 10.0. The van der Waals surface area contributed by atoms with E-state index >= 15 is 0 Å². The molecule has 1 saturated heterocycles. The molecule has 0 unspecified atom stereocenters. The fraction of sp³-hybridized carbons (Fsp3) is 1.00. The summed E-state index contributed by atoms with van der Waals surface area (Å²) in [5.41, 5.74) is 0.661. The lowest BCUT2D eigenvalue weighted by atomic mass is 10.0. The van der Waals surface area contributed by atoms with E-state index in [0.29, 0.717) is 11.6 Å². The van der Waals surface area contributed by atoms with Crippen LogP contribution in [0.5, 0.6) is 0 Å². The lowest BCUT2D eigenvalue weighted by molar-refractivity contribution is -0.0823. The molecule has 1 fully saturated rings. The standard InChI is InChI=1S/C8H17NO.C6H15N.C5H12O/c1-8(2,3)9(4)7-5-10-6-7;1-6(2,3)7(4)5;1-5(2,3)6-4/h7H,5-6H2,1-4H3;1-5H3;1-4H3.